The van der Waals surface area contributed by atoms with Crippen LogP contribution in [0.25, 0.3) is 0 Å². The molecule has 0 fully saturated rings. The quantitative estimate of drug-likeness (QED) is 0.868. The van der Waals surface area contributed by atoms with Crippen LogP contribution < -0.4 is 10.5 Å². The zero-order chi connectivity index (χ0) is 10.6. The SMILES string of the molecule is NC(=O)CCOc1ccc(Cl)cc1Cl. The first-order chi connectivity index (χ1) is 6.59. The molecular formula is C9H9Cl2NO2. The van der Waals surface area contributed by atoms with E-state index in [1.165, 1.54) is 0 Å². The van der Waals surface area contributed by atoms with E-state index >= 15 is 0 Å². The van der Waals surface area contributed by atoms with Gasteiger partial charge in [0.25, 0.3) is 0 Å². The fourth-order valence-electron chi connectivity index (χ4n) is 0.854. The van der Waals surface area contributed by atoms with Gasteiger partial charge in [0.2, 0.25) is 5.91 Å². The lowest BCUT2D eigenvalue weighted by atomic mass is 10.3. The molecule has 0 heterocycles. The largest absolute Gasteiger partial charge is 0.491 e. The van der Waals surface area contributed by atoms with E-state index in [0.29, 0.717) is 15.8 Å². The van der Waals surface area contributed by atoms with Crippen LogP contribution in [0.5, 0.6) is 5.75 Å². The fraction of sp³-hybridized carbons (Fsp3) is 0.222. The number of carbonyl (C=O) groups is 1. The number of halogens is 2. The van der Waals surface area contributed by atoms with Gasteiger partial charge in [-0.3, -0.25) is 4.79 Å². The van der Waals surface area contributed by atoms with Gasteiger partial charge < -0.3 is 10.5 Å². The third-order valence-electron chi connectivity index (χ3n) is 1.50. The average molecular weight is 234 g/mol. The van der Waals surface area contributed by atoms with E-state index in [1.54, 1.807) is 18.2 Å². The topological polar surface area (TPSA) is 52.3 Å². The fourth-order valence-corrected chi connectivity index (χ4v) is 1.32. The molecule has 1 amide bonds. The smallest absolute Gasteiger partial charge is 0.220 e. The van der Waals surface area contributed by atoms with Gasteiger partial charge in [-0.05, 0) is 18.2 Å². The molecule has 0 saturated carbocycles. The van der Waals surface area contributed by atoms with E-state index in [0.717, 1.165) is 0 Å². The first-order valence-corrected chi connectivity index (χ1v) is 4.71. The Labute approximate surface area is 91.7 Å². The normalized spacial score (nSPS) is 9.86. The van der Waals surface area contributed by atoms with E-state index < -0.39 is 5.91 Å². The van der Waals surface area contributed by atoms with Gasteiger partial charge in [0.15, 0.2) is 0 Å². The summed E-state index contributed by atoms with van der Waals surface area (Å²) >= 11 is 11.5. The molecule has 0 spiro atoms. The van der Waals surface area contributed by atoms with Gasteiger partial charge in [0.05, 0.1) is 18.1 Å². The van der Waals surface area contributed by atoms with Crippen LogP contribution in [0.15, 0.2) is 18.2 Å². The van der Waals surface area contributed by atoms with Crippen molar-refractivity contribution in [3.8, 4) is 5.75 Å². The summed E-state index contributed by atoms with van der Waals surface area (Å²) in [5.41, 5.74) is 4.95. The van der Waals surface area contributed by atoms with E-state index in [9.17, 15) is 4.79 Å². The van der Waals surface area contributed by atoms with Crippen molar-refractivity contribution >= 4 is 29.1 Å². The Balaban J connectivity index is 2.55. The summed E-state index contributed by atoms with van der Waals surface area (Å²) in [6.07, 6.45) is 0.166. The molecule has 1 aromatic carbocycles. The minimum Gasteiger partial charge on any atom is -0.491 e. The standard InChI is InChI=1S/C9H9Cl2NO2/c10-6-1-2-8(7(11)5-6)14-4-3-9(12)13/h1-2,5H,3-4H2,(H2,12,13). The first-order valence-electron chi connectivity index (χ1n) is 3.96. The molecule has 0 aromatic heterocycles. The molecule has 1 aromatic rings. The Morgan fingerprint density at radius 1 is 1.43 bits per heavy atom. The number of hydrogen-bond donors (Lipinski definition) is 1. The molecule has 3 nitrogen and oxygen atoms in total. The molecule has 1 rings (SSSR count). The Hall–Kier alpha value is -0.930. The lowest BCUT2D eigenvalue weighted by Crippen LogP contribution is -2.14. The Bertz CT molecular complexity index is 342. The number of carbonyl (C=O) groups excluding carboxylic acids is 1. The summed E-state index contributed by atoms with van der Waals surface area (Å²) < 4.78 is 5.21. The molecule has 0 bridgehead atoms. The number of hydrogen-bond acceptors (Lipinski definition) is 2. The van der Waals surface area contributed by atoms with Crippen LogP contribution in [0.3, 0.4) is 0 Å². The zero-order valence-electron chi connectivity index (χ0n) is 7.30. The number of nitrogens with two attached hydrogens (primary N) is 1. The van der Waals surface area contributed by atoms with Crippen LogP contribution in [0.2, 0.25) is 10.0 Å². The van der Waals surface area contributed by atoms with Gasteiger partial charge in [0, 0.05) is 5.02 Å². The van der Waals surface area contributed by atoms with Crippen molar-refractivity contribution in [3.63, 3.8) is 0 Å². The second-order valence-electron chi connectivity index (χ2n) is 2.64. The van der Waals surface area contributed by atoms with Gasteiger partial charge in [-0.15, -0.1) is 0 Å². The van der Waals surface area contributed by atoms with Gasteiger partial charge in [0.1, 0.15) is 5.75 Å². The van der Waals surface area contributed by atoms with Crippen LogP contribution >= 0.6 is 23.2 Å². The maximum Gasteiger partial charge on any atom is 0.220 e. The third kappa shape index (κ3) is 3.44. The molecule has 5 heteroatoms. The van der Waals surface area contributed by atoms with Crippen molar-refractivity contribution in [2.75, 3.05) is 6.61 Å². The van der Waals surface area contributed by atoms with Crippen molar-refractivity contribution in [2.24, 2.45) is 5.73 Å². The molecular weight excluding hydrogens is 225 g/mol. The first kappa shape index (κ1) is 11.1. The molecule has 0 saturated heterocycles. The van der Waals surface area contributed by atoms with Crippen molar-refractivity contribution in [2.45, 2.75) is 6.42 Å². The van der Waals surface area contributed by atoms with Gasteiger partial charge >= 0.3 is 0 Å². The van der Waals surface area contributed by atoms with Crippen LogP contribution in [0.1, 0.15) is 6.42 Å². The predicted octanol–water partition coefficient (Wildman–Crippen LogP) is 2.25. The number of amides is 1. The van der Waals surface area contributed by atoms with Crippen LogP contribution in [0.4, 0.5) is 0 Å². The highest BCUT2D eigenvalue weighted by atomic mass is 35.5. The van der Waals surface area contributed by atoms with E-state index in [4.69, 9.17) is 33.7 Å². The molecule has 0 aliphatic heterocycles. The molecule has 0 radical (unpaired) electrons. The lowest BCUT2D eigenvalue weighted by molar-refractivity contribution is -0.118. The summed E-state index contributed by atoms with van der Waals surface area (Å²) in [5.74, 6) is 0.0902. The van der Waals surface area contributed by atoms with Crippen LogP contribution in [0, 0.1) is 0 Å². The van der Waals surface area contributed by atoms with Crippen molar-refractivity contribution in [1.82, 2.24) is 0 Å². The van der Waals surface area contributed by atoms with Gasteiger partial charge in [-0.25, -0.2) is 0 Å². The molecule has 14 heavy (non-hydrogen) atoms. The van der Waals surface area contributed by atoms with Crippen LogP contribution in [-0.4, -0.2) is 12.5 Å². The van der Waals surface area contributed by atoms with Gasteiger partial charge in [-0.2, -0.15) is 0 Å². The second-order valence-corrected chi connectivity index (χ2v) is 3.48. The number of primary amides is 1. The van der Waals surface area contributed by atoms with Crippen molar-refractivity contribution in [3.05, 3.63) is 28.2 Å². The summed E-state index contributed by atoms with van der Waals surface area (Å²) in [6, 6.07) is 4.88. The van der Waals surface area contributed by atoms with Crippen molar-refractivity contribution < 1.29 is 9.53 Å². The van der Waals surface area contributed by atoms with E-state index in [2.05, 4.69) is 0 Å². The summed E-state index contributed by atoms with van der Waals surface area (Å²) in [5, 5.41) is 0.958. The van der Waals surface area contributed by atoms with Crippen LogP contribution in [-0.2, 0) is 4.79 Å². The zero-order valence-corrected chi connectivity index (χ0v) is 8.81. The molecule has 0 unspecified atom stereocenters. The number of rotatable bonds is 4. The van der Waals surface area contributed by atoms with E-state index in [-0.39, 0.29) is 13.0 Å². The number of ether oxygens (including phenoxy) is 1. The molecule has 0 aliphatic rings. The molecule has 0 aliphatic carbocycles. The minimum atomic E-state index is -0.407. The Kier molecular flexibility index (Phi) is 4.04. The average Bonchev–Trinajstić information content (AvgIpc) is 2.08. The van der Waals surface area contributed by atoms with Crippen molar-refractivity contribution in [1.29, 1.82) is 0 Å². The molecule has 0 atom stereocenters. The maximum atomic E-state index is 10.4. The highest BCUT2D eigenvalue weighted by molar-refractivity contribution is 6.35. The Morgan fingerprint density at radius 2 is 2.14 bits per heavy atom. The third-order valence-corrected chi connectivity index (χ3v) is 2.03. The van der Waals surface area contributed by atoms with Gasteiger partial charge in [-0.1, -0.05) is 23.2 Å². The summed E-state index contributed by atoms with van der Waals surface area (Å²) in [4.78, 5) is 10.4. The highest BCUT2D eigenvalue weighted by Gasteiger charge is 2.02. The highest BCUT2D eigenvalue weighted by Crippen LogP contribution is 2.27. The lowest BCUT2D eigenvalue weighted by Gasteiger charge is -2.06. The summed E-state index contributed by atoms with van der Waals surface area (Å²) in [7, 11) is 0. The molecule has 76 valence electrons. The summed E-state index contributed by atoms with van der Waals surface area (Å²) in [6.45, 7) is 0.219. The molecule has 2 N–H and O–H groups in total. The second kappa shape index (κ2) is 5.08. The predicted molar refractivity (Wildman–Crippen MR) is 55.8 cm³/mol. The minimum absolute atomic E-state index is 0.166. The maximum absolute atomic E-state index is 10.4. The van der Waals surface area contributed by atoms with E-state index in [1.807, 2.05) is 0 Å². The Morgan fingerprint density at radius 3 is 2.71 bits per heavy atom. The number of benzene rings is 1. The monoisotopic (exact) mass is 233 g/mol.